The first-order chi connectivity index (χ1) is 10.4. The first-order valence-corrected chi connectivity index (χ1v) is 8.19. The fraction of sp³-hybridized carbons (Fsp3) is 0.412. The summed E-state index contributed by atoms with van der Waals surface area (Å²) in [4.78, 5) is 16.4. The van der Waals surface area contributed by atoms with E-state index in [2.05, 4.69) is 31.1 Å². The highest BCUT2D eigenvalue weighted by atomic mass is 32.1. The summed E-state index contributed by atoms with van der Waals surface area (Å²) >= 11 is 1.61. The van der Waals surface area contributed by atoms with Gasteiger partial charge in [-0.25, -0.2) is 4.98 Å². The van der Waals surface area contributed by atoms with Gasteiger partial charge in [-0.3, -0.25) is 4.79 Å². The van der Waals surface area contributed by atoms with Crippen molar-refractivity contribution >= 4 is 17.2 Å². The fourth-order valence-electron chi connectivity index (χ4n) is 1.96. The van der Waals surface area contributed by atoms with Gasteiger partial charge >= 0.3 is 0 Å². The number of benzene rings is 1. The lowest BCUT2D eigenvalue weighted by atomic mass is 9.98. The monoisotopic (exact) mass is 318 g/mol. The van der Waals surface area contributed by atoms with Crippen molar-refractivity contribution in [3.8, 4) is 0 Å². The third-order valence-electron chi connectivity index (χ3n) is 3.22. The van der Waals surface area contributed by atoms with E-state index in [1.165, 1.54) is 0 Å². The van der Waals surface area contributed by atoms with Crippen LogP contribution in [0.25, 0.3) is 0 Å². The predicted octanol–water partition coefficient (Wildman–Crippen LogP) is 3.18. The molecule has 1 aromatic heterocycles. The summed E-state index contributed by atoms with van der Waals surface area (Å²) in [6, 6.07) is 9.20. The first kappa shape index (κ1) is 16.6. The highest BCUT2D eigenvalue weighted by Crippen LogP contribution is 2.25. The molecule has 0 aliphatic rings. The molecule has 0 aliphatic carbocycles. The molecule has 2 N–H and O–H groups in total. The Kier molecular flexibility index (Phi) is 5.32. The number of thiazole rings is 1. The Bertz CT molecular complexity index is 617. The molecule has 0 saturated heterocycles. The lowest BCUT2D eigenvalue weighted by molar-refractivity contribution is -0.123. The van der Waals surface area contributed by atoms with Crippen molar-refractivity contribution < 1.29 is 9.90 Å². The number of carbonyl (C=O) groups is 1. The van der Waals surface area contributed by atoms with Crippen LogP contribution in [0.3, 0.4) is 0 Å². The van der Waals surface area contributed by atoms with Gasteiger partial charge in [0.15, 0.2) is 0 Å². The average molecular weight is 318 g/mol. The molecule has 0 fully saturated rings. The second-order valence-corrected chi connectivity index (χ2v) is 7.16. The number of carbonyl (C=O) groups excluding carboxylic acids is 1. The third-order valence-corrected chi connectivity index (χ3v) is 4.54. The van der Waals surface area contributed by atoms with Gasteiger partial charge in [0.1, 0.15) is 0 Å². The maximum Gasteiger partial charge on any atom is 0.223 e. The van der Waals surface area contributed by atoms with Crippen molar-refractivity contribution in [1.82, 2.24) is 10.3 Å². The van der Waals surface area contributed by atoms with Crippen LogP contribution in [0.5, 0.6) is 0 Å². The summed E-state index contributed by atoms with van der Waals surface area (Å²) in [5.74, 6) is -0.179. The largest absolute Gasteiger partial charge is 0.388 e. The zero-order valence-corrected chi connectivity index (χ0v) is 14.0. The van der Waals surface area contributed by atoms with Crippen LogP contribution in [-0.2, 0) is 16.8 Å². The zero-order chi connectivity index (χ0) is 16.2. The first-order valence-electron chi connectivity index (χ1n) is 7.31. The van der Waals surface area contributed by atoms with E-state index in [9.17, 15) is 9.90 Å². The molecule has 1 heterocycles. The molecule has 2 rings (SSSR count). The van der Waals surface area contributed by atoms with E-state index in [1.807, 2.05) is 35.7 Å². The highest BCUT2D eigenvalue weighted by molar-refractivity contribution is 7.09. The van der Waals surface area contributed by atoms with E-state index >= 15 is 0 Å². The number of amides is 1. The Morgan fingerprint density at radius 1 is 1.32 bits per heavy atom. The van der Waals surface area contributed by atoms with Crippen LogP contribution in [0.15, 0.2) is 35.7 Å². The van der Waals surface area contributed by atoms with Gasteiger partial charge in [0.2, 0.25) is 5.91 Å². The van der Waals surface area contributed by atoms with E-state index in [1.54, 1.807) is 11.3 Å². The molecule has 1 aromatic carbocycles. The summed E-state index contributed by atoms with van der Waals surface area (Å²) in [5.41, 5.74) is 1.63. The summed E-state index contributed by atoms with van der Waals surface area (Å²) < 4.78 is 0. The lowest BCUT2D eigenvalue weighted by Gasteiger charge is -2.13. The summed E-state index contributed by atoms with van der Waals surface area (Å²) in [6.45, 7) is 6.74. The lowest BCUT2D eigenvalue weighted by Crippen LogP contribution is -2.25. The molecule has 1 atom stereocenters. The Balaban J connectivity index is 1.84. The predicted molar refractivity (Wildman–Crippen MR) is 88.7 cm³/mol. The van der Waals surface area contributed by atoms with Crippen LogP contribution in [0.4, 0.5) is 0 Å². The number of hydrogen-bond acceptors (Lipinski definition) is 4. The van der Waals surface area contributed by atoms with Crippen molar-refractivity contribution in [1.29, 1.82) is 0 Å². The topological polar surface area (TPSA) is 62.2 Å². The molecule has 0 aliphatic heterocycles. The van der Waals surface area contributed by atoms with E-state index in [4.69, 9.17) is 0 Å². The SMILES string of the molecule is CC(C)(C)c1nc(CNC(=O)CC(O)c2ccccc2)cs1. The van der Waals surface area contributed by atoms with Crippen LogP contribution < -0.4 is 5.32 Å². The number of nitrogens with zero attached hydrogens (tertiary/aromatic N) is 1. The van der Waals surface area contributed by atoms with Gasteiger partial charge in [0.25, 0.3) is 0 Å². The van der Waals surface area contributed by atoms with E-state index in [-0.39, 0.29) is 17.7 Å². The van der Waals surface area contributed by atoms with Crippen molar-refractivity contribution in [3.05, 3.63) is 52.0 Å². The number of hydrogen-bond donors (Lipinski definition) is 2. The van der Waals surface area contributed by atoms with Crippen LogP contribution in [-0.4, -0.2) is 16.0 Å². The zero-order valence-electron chi connectivity index (χ0n) is 13.2. The quantitative estimate of drug-likeness (QED) is 0.890. The number of rotatable bonds is 5. The fourth-order valence-corrected chi connectivity index (χ4v) is 2.87. The van der Waals surface area contributed by atoms with Gasteiger partial charge in [-0.15, -0.1) is 11.3 Å². The minimum absolute atomic E-state index is 0.0242. The molecule has 1 amide bonds. The Morgan fingerprint density at radius 2 is 2.00 bits per heavy atom. The number of aliphatic hydroxyl groups is 1. The van der Waals surface area contributed by atoms with Gasteiger partial charge in [-0.2, -0.15) is 0 Å². The van der Waals surface area contributed by atoms with Crippen molar-refractivity contribution in [3.63, 3.8) is 0 Å². The standard InChI is InChI=1S/C17H22N2O2S/c1-17(2,3)16-19-13(11-22-16)10-18-15(21)9-14(20)12-7-5-4-6-8-12/h4-8,11,14,20H,9-10H2,1-3H3,(H,18,21). The van der Waals surface area contributed by atoms with Gasteiger partial charge in [0, 0.05) is 10.8 Å². The second-order valence-electron chi connectivity index (χ2n) is 6.30. The molecule has 0 saturated carbocycles. The third kappa shape index (κ3) is 4.64. The summed E-state index contributed by atoms with van der Waals surface area (Å²) in [7, 11) is 0. The Hall–Kier alpha value is -1.72. The molecule has 118 valence electrons. The van der Waals surface area contributed by atoms with Crippen LogP contribution in [0.1, 0.15) is 49.6 Å². The molecular formula is C17H22N2O2S. The smallest absolute Gasteiger partial charge is 0.223 e. The molecule has 0 bridgehead atoms. The average Bonchev–Trinajstić information content (AvgIpc) is 2.95. The van der Waals surface area contributed by atoms with Gasteiger partial charge in [0.05, 0.1) is 29.8 Å². The molecule has 0 radical (unpaired) electrons. The Labute approximate surface area is 135 Å². The second kappa shape index (κ2) is 7.03. The molecule has 2 aromatic rings. The molecule has 1 unspecified atom stereocenters. The van der Waals surface area contributed by atoms with E-state index in [0.717, 1.165) is 16.3 Å². The minimum atomic E-state index is -0.776. The number of aliphatic hydroxyl groups excluding tert-OH is 1. The summed E-state index contributed by atoms with van der Waals surface area (Å²) in [6.07, 6.45) is -0.720. The maximum absolute atomic E-state index is 11.9. The summed E-state index contributed by atoms with van der Waals surface area (Å²) in [5, 5.41) is 15.9. The van der Waals surface area contributed by atoms with Crippen LogP contribution in [0.2, 0.25) is 0 Å². The van der Waals surface area contributed by atoms with E-state index in [0.29, 0.717) is 6.54 Å². The number of nitrogens with one attached hydrogen (secondary N) is 1. The van der Waals surface area contributed by atoms with Crippen molar-refractivity contribution in [2.45, 2.75) is 45.3 Å². The van der Waals surface area contributed by atoms with E-state index < -0.39 is 6.10 Å². The van der Waals surface area contributed by atoms with Crippen LogP contribution >= 0.6 is 11.3 Å². The normalized spacial score (nSPS) is 12.9. The molecule has 5 heteroatoms. The molecular weight excluding hydrogens is 296 g/mol. The van der Waals surface area contributed by atoms with Crippen molar-refractivity contribution in [2.24, 2.45) is 0 Å². The van der Waals surface area contributed by atoms with Gasteiger partial charge in [-0.1, -0.05) is 51.1 Å². The van der Waals surface area contributed by atoms with Crippen molar-refractivity contribution in [2.75, 3.05) is 0 Å². The Morgan fingerprint density at radius 3 is 2.59 bits per heavy atom. The minimum Gasteiger partial charge on any atom is -0.388 e. The number of aromatic nitrogens is 1. The molecule has 22 heavy (non-hydrogen) atoms. The highest BCUT2D eigenvalue weighted by Gasteiger charge is 2.18. The van der Waals surface area contributed by atoms with Crippen LogP contribution in [0, 0.1) is 0 Å². The van der Waals surface area contributed by atoms with Gasteiger partial charge < -0.3 is 10.4 Å². The molecule has 4 nitrogen and oxygen atoms in total. The van der Waals surface area contributed by atoms with Gasteiger partial charge in [-0.05, 0) is 5.56 Å². The molecule has 0 spiro atoms. The maximum atomic E-state index is 11.9.